The van der Waals surface area contributed by atoms with Gasteiger partial charge in [0, 0.05) is 58.2 Å². The monoisotopic (exact) mass is 553 g/mol. The van der Waals surface area contributed by atoms with Gasteiger partial charge in [-0.1, -0.05) is 30.3 Å². The third-order valence-electron chi connectivity index (χ3n) is 9.58. The number of amides is 3. The first-order chi connectivity index (χ1) is 19.3. The van der Waals surface area contributed by atoms with Gasteiger partial charge in [0.25, 0.3) is 5.91 Å². The molecule has 4 aliphatic heterocycles. The Balaban J connectivity index is 1.31. The SMILES string of the molecule is CC(C)N1CCC2(CC1)CC(=O)NCC[C@H]1CN(Cc3ccccc3)CC[C@H]1CC(=O)N1CCO[C@@H](C1)C(=O)N2. The number of hydrogen-bond acceptors (Lipinski definition) is 6. The molecule has 40 heavy (non-hydrogen) atoms. The molecule has 9 nitrogen and oxygen atoms in total. The fraction of sp³-hybridized carbons (Fsp3) is 0.710. The molecule has 9 heteroatoms. The molecule has 0 radical (unpaired) electrons. The highest BCUT2D eigenvalue weighted by Gasteiger charge is 2.41. The molecule has 1 aromatic carbocycles. The van der Waals surface area contributed by atoms with Gasteiger partial charge in [-0.3, -0.25) is 19.3 Å². The molecule has 4 heterocycles. The van der Waals surface area contributed by atoms with Gasteiger partial charge in [0.05, 0.1) is 18.7 Å². The molecule has 220 valence electrons. The first-order valence-electron chi connectivity index (χ1n) is 15.3. The van der Waals surface area contributed by atoms with E-state index in [1.54, 1.807) is 0 Å². The van der Waals surface area contributed by atoms with Crippen LogP contribution in [-0.4, -0.2) is 103 Å². The summed E-state index contributed by atoms with van der Waals surface area (Å²) in [5.41, 5.74) is 0.704. The number of fused-ring (bicyclic) bond motifs is 3. The molecule has 0 aliphatic carbocycles. The van der Waals surface area contributed by atoms with Crippen LogP contribution >= 0.6 is 0 Å². The molecule has 4 fully saturated rings. The number of carbonyl (C=O) groups is 3. The molecule has 3 atom stereocenters. The van der Waals surface area contributed by atoms with Crippen LogP contribution in [0.1, 0.15) is 57.9 Å². The molecule has 4 saturated heterocycles. The molecule has 5 rings (SSSR count). The van der Waals surface area contributed by atoms with Crippen molar-refractivity contribution >= 4 is 17.7 Å². The van der Waals surface area contributed by atoms with Crippen molar-refractivity contribution < 1.29 is 19.1 Å². The van der Waals surface area contributed by atoms with Crippen LogP contribution in [0.2, 0.25) is 0 Å². The fourth-order valence-corrected chi connectivity index (χ4v) is 7.05. The van der Waals surface area contributed by atoms with Gasteiger partial charge in [-0.2, -0.15) is 0 Å². The highest BCUT2D eigenvalue weighted by Crippen LogP contribution is 2.32. The topological polar surface area (TPSA) is 94.2 Å². The summed E-state index contributed by atoms with van der Waals surface area (Å²) in [5.74, 6) is 0.496. The minimum atomic E-state index is -0.700. The number of piperidine rings is 2. The fourth-order valence-electron chi connectivity index (χ4n) is 7.05. The standard InChI is InChI=1S/C31H47N5O4/c1-23(2)35-14-10-31(11-15-35)19-28(37)32-12-8-26-21-34(20-24-6-4-3-5-7-24)13-9-25(26)18-29(38)36-16-17-40-27(22-36)30(39)33-31/h3-7,23,25-27H,8-22H2,1-2H3,(H,32,37)(H,33,39)/t25-,26-,27-/m0/s1. The number of ether oxygens (including phenoxy) is 1. The van der Waals surface area contributed by atoms with Crippen molar-refractivity contribution in [2.75, 3.05) is 52.4 Å². The van der Waals surface area contributed by atoms with Crippen LogP contribution in [0.25, 0.3) is 0 Å². The summed E-state index contributed by atoms with van der Waals surface area (Å²) in [5, 5.41) is 6.42. The van der Waals surface area contributed by atoms with E-state index in [1.165, 1.54) is 5.56 Å². The summed E-state index contributed by atoms with van der Waals surface area (Å²) in [6.07, 6.45) is 3.31. The van der Waals surface area contributed by atoms with E-state index in [1.807, 2.05) is 11.0 Å². The van der Waals surface area contributed by atoms with Gasteiger partial charge >= 0.3 is 0 Å². The molecule has 0 aromatic heterocycles. The highest BCUT2D eigenvalue weighted by molar-refractivity contribution is 5.85. The second-order valence-electron chi connectivity index (χ2n) is 12.6. The smallest absolute Gasteiger partial charge is 0.251 e. The second-order valence-corrected chi connectivity index (χ2v) is 12.6. The van der Waals surface area contributed by atoms with E-state index < -0.39 is 11.6 Å². The van der Waals surface area contributed by atoms with Gasteiger partial charge in [-0.15, -0.1) is 0 Å². The van der Waals surface area contributed by atoms with E-state index in [0.29, 0.717) is 38.1 Å². The predicted octanol–water partition coefficient (Wildman–Crippen LogP) is 2.01. The third-order valence-corrected chi connectivity index (χ3v) is 9.58. The van der Waals surface area contributed by atoms with Crippen molar-refractivity contribution in [2.24, 2.45) is 11.8 Å². The van der Waals surface area contributed by atoms with Crippen LogP contribution in [-0.2, 0) is 25.7 Å². The van der Waals surface area contributed by atoms with Crippen LogP contribution in [0, 0.1) is 11.8 Å². The lowest BCUT2D eigenvalue weighted by molar-refractivity contribution is -0.149. The Morgan fingerprint density at radius 2 is 1.75 bits per heavy atom. The van der Waals surface area contributed by atoms with Crippen molar-refractivity contribution in [2.45, 2.75) is 76.6 Å². The summed E-state index contributed by atoms with van der Waals surface area (Å²) < 4.78 is 5.87. The normalized spacial score (nSPS) is 29.3. The van der Waals surface area contributed by atoms with Crippen molar-refractivity contribution in [3.05, 3.63) is 35.9 Å². The second kappa shape index (κ2) is 13.0. The van der Waals surface area contributed by atoms with Crippen molar-refractivity contribution in [1.82, 2.24) is 25.3 Å². The summed E-state index contributed by atoms with van der Waals surface area (Å²) in [6.45, 7) is 10.6. The first-order valence-corrected chi connectivity index (χ1v) is 15.3. The first kappa shape index (κ1) is 29.0. The quantitative estimate of drug-likeness (QED) is 0.595. The Hall–Kier alpha value is -2.49. The van der Waals surface area contributed by atoms with Crippen LogP contribution in [0.4, 0.5) is 0 Å². The summed E-state index contributed by atoms with van der Waals surface area (Å²) in [4.78, 5) is 46.9. The number of carbonyl (C=O) groups excluding carboxylic acids is 3. The Morgan fingerprint density at radius 3 is 2.50 bits per heavy atom. The molecule has 4 aliphatic rings. The maximum absolute atomic E-state index is 13.5. The zero-order valence-corrected chi connectivity index (χ0v) is 24.3. The highest BCUT2D eigenvalue weighted by atomic mass is 16.5. The van der Waals surface area contributed by atoms with E-state index in [0.717, 1.165) is 58.4 Å². The number of rotatable bonds is 3. The van der Waals surface area contributed by atoms with Gasteiger partial charge in [0.1, 0.15) is 0 Å². The van der Waals surface area contributed by atoms with E-state index >= 15 is 0 Å². The number of morpholine rings is 1. The molecule has 0 saturated carbocycles. The molecule has 1 spiro atoms. The van der Waals surface area contributed by atoms with E-state index in [2.05, 4.69) is 58.5 Å². The maximum Gasteiger partial charge on any atom is 0.251 e. The molecule has 2 N–H and O–H groups in total. The van der Waals surface area contributed by atoms with Gasteiger partial charge in [-0.05, 0) is 63.5 Å². The van der Waals surface area contributed by atoms with Crippen molar-refractivity contribution in [1.29, 1.82) is 0 Å². The number of benzene rings is 1. The lowest BCUT2D eigenvalue weighted by Crippen LogP contribution is -2.61. The van der Waals surface area contributed by atoms with Crippen molar-refractivity contribution in [3.8, 4) is 0 Å². The molecule has 3 amide bonds. The number of nitrogens with zero attached hydrogens (tertiary/aromatic N) is 3. The Bertz CT molecular complexity index is 1030. The van der Waals surface area contributed by atoms with Crippen LogP contribution in [0.15, 0.2) is 30.3 Å². The summed E-state index contributed by atoms with van der Waals surface area (Å²) in [6, 6.07) is 11.0. The van der Waals surface area contributed by atoms with Crippen LogP contribution < -0.4 is 10.6 Å². The third kappa shape index (κ3) is 7.22. The lowest BCUT2D eigenvalue weighted by atomic mass is 9.80. The van der Waals surface area contributed by atoms with E-state index in [9.17, 15) is 14.4 Å². The van der Waals surface area contributed by atoms with Gasteiger partial charge in [0.15, 0.2) is 6.10 Å². The number of likely N-dealkylation sites (tertiary alicyclic amines) is 2. The zero-order valence-electron chi connectivity index (χ0n) is 24.3. The average molecular weight is 554 g/mol. The van der Waals surface area contributed by atoms with E-state index in [4.69, 9.17) is 4.74 Å². The average Bonchev–Trinajstić information content (AvgIpc) is 2.94. The Labute approximate surface area is 239 Å². The molecular formula is C31H47N5O4. The maximum atomic E-state index is 13.5. The van der Waals surface area contributed by atoms with Crippen LogP contribution in [0.3, 0.4) is 0 Å². The molecule has 2 bridgehead atoms. The number of hydrogen-bond donors (Lipinski definition) is 2. The van der Waals surface area contributed by atoms with Gasteiger partial charge < -0.3 is 25.2 Å². The Morgan fingerprint density at radius 1 is 0.975 bits per heavy atom. The minimum Gasteiger partial charge on any atom is -0.365 e. The molecule has 0 unspecified atom stereocenters. The van der Waals surface area contributed by atoms with Gasteiger partial charge in [0.2, 0.25) is 11.8 Å². The zero-order chi connectivity index (χ0) is 28.1. The number of nitrogens with one attached hydrogen (secondary N) is 2. The largest absolute Gasteiger partial charge is 0.365 e. The van der Waals surface area contributed by atoms with E-state index in [-0.39, 0.29) is 36.6 Å². The minimum absolute atomic E-state index is 0.0102. The molecular weight excluding hydrogens is 506 g/mol. The van der Waals surface area contributed by atoms with Crippen LogP contribution in [0.5, 0.6) is 0 Å². The Kier molecular flexibility index (Phi) is 9.43. The summed E-state index contributed by atoms with van der Waals surface area (Å²) in [7, 11) is 0. The summed E-state index contributed by atoms with van der Waals surface area (Å²) >= 11 is 0. The lowest BCUT2D eigenvalue weighted by Gasteiger charge is -2.44. The van der Waals surface area contributed by atoms with Gasteiger partial charge in [-0.25, -0.2) is 0 Å². The predicted molar refractivity (Wildman–Crippen MR) is 153 cm³/mol. The molecule has 1 aromatic rings. The van der Waals surface area contributed by atoms with Crippen molar-refractivity contribution in [3.63, 3.8) is 0 Å².